The number of carboxylic acids is 4. The zero-order valence-electron chi connectivity index (χ0n) is 25.7. The number of benzene rings is 2. The van der Waals surface area contributed by atoms with Crippen LogP contribution in [-0.4, -0.2) is 134 Å². The molecular formula is C32H40N4O10-4. The van der Waals surface area contributed by atoms with E-state index < -0.39 is 49.1 Å². The van der Waals surface area contributed by atoms with Gasteiger partial charge in [-0.25, -0.2) is 0 Å². The minimum Gasteiger partial charge on any atom is -0.549 e. The summed E-state index contributed by atoms with van der Waals surface area (Å²) in [7, 11) is 0. The molecule has 1 aliphatic rings. The molecule has 3 rings (SSSR count). The fraction of sp³-hybridized carbons (Fsp3) is 0.500. The molecule has 252 valence electrons. The maximum atomic E-state index is 12.2. The second-order valence-electron chi connectivity index (χ2n) is 11.0. The van der Waals surface area contributed by atoms with E-state index in [0.717, 1.165) is 11.1 Å². The summed E-state index contributed by atoms with van der Waals surface area (Å²) in [6.45, 7) is -0.411. The highest BCUT2D eigenvalue weighted by atomic mass is 16.5. The third-order valence-corrected chi connectivity index (χ3v) is 7.72. The van der Waals surface area contributed by atoms with Crippen molar-refractivity contribution in [3.63, 3.8) is 0 Å². The van der Waals surface area contributed by atoms with Crippen molar-refractivity contribution >= 4 is 23.9 Å². The van der Waals surface area contributed by atoms with E-state index in [-0.39, 0.29) is 78.8 Å². The normalized spacial score (nSPS) is 17.7. The molecule has 14 heteroatoms. The third-order valence-electron chi connectivity index (χ3n) is 7.72. The molecule has 2 unspecified atom stereocenters. The van der Waals surface area contributed by atoms with Crippen molar-refractivity contribution in [1.82, 2.24) is 19.6 Å². The van der Waals surface area contributed by atoms with Crippen molar-refractivity contribution in [1.29, 1.82) is 0 Å². The van der Waals surface area contributed by atoms with Crippen molar-refractivity contribution in [2.75, 3.05) is 78.7 Å². The number of rotatable bonds is 16. The summed E-state index contributed by atoms with van der Waals surface area (Å²) in [5, 5.41) is 47.7. The Labute approximate surface area is 268 Å². The third kappa shape index (κ3) is 13.2. The first-order valence-corrected chi connectivity index (χ1v) is 15.1. The van der Waals surface area contributed by atoms with E-state index in [1.807, 2.05) is 60.7 Å². The Morgan fingerprint density at radius 3 is 1.15 bits per heavy atom. The Morgan fingerprint density at radius 1 is 0.543 bits per heavy atom. The van der Waals surface area contributed by atoms with Crippen LogP contribution in [0.2, 0.25) is 0 Å². The molecule has 1 fully saturated rings. The summed E-state index contributed by atoms with van der Waals surface area (Å²) < 4.78 is 11.4. The van der Waals surface area contributed by atoms with E-state index in [1.54, 1.807) is 9.80 Å². The van der Waals surface area contributed by atoms with Gasteiger partial charge in [-0.15, -0.1) is 0 Å². The predicted octanol–water partition coefficient (Wildman–Crippen LogP) is -4.62. The average Bonchev–Trinajstić information content (AvgIpc) is 3.01. The molecule has 0 aromatic heterocycles. The zero-order chi connectivity index (χ0) is 33.3. The van der Waals surface area contributed by atoms with Crippen LogP contribution in [-0.2, 0) is 41.9 Å². The first kappa shape index (κ1) is 36.5. The van der Waals surface area contributed by atoms with Crippen molar-refractivity contribution < 1.29 is 49.1 Å². The first-order chi connectivity index (χ1) is 22.1. The van der Waals surface area contributed by atoms with Gasteiger partial charge in [0.25, 0.3) is 0 Å². The van der Waals surface area contributed by atoms with E-state index in [2.05, 4.69) is 0 Å². The van der Waals surface area contributed by atoms with E-state index in [4.69, 9.17) is 9.47 Å². The highest BCUT2D eigenvalue weighted by molar-refractivity contribution is 5.72. The molecule has 0 aliphatic carbocycles. The first-order valence-electron chi connectivity index (χ1n) is 15.1. The number of carbonyl (C=O) groups is 4. The summed E-state index contributed by atoms with van der Waals surface area (Å²) >= 11 is 0. The van der Waals surface area contributed by atoms with Gasteiger partial charge in [0.2, 0.25) is 0 Å². The highest BCUT2D eigenvalue weighted by Crippen LogP contribution is 2.10. The standard InChI is InChI=1S/C32H44N4O10/c37-29(38)19-33-11-15-35(27(31(41)42)23-45-21-25-7-3-1-4-8-25)16-12-34(20-30(39)40)14-18-36(17-13-33)28(32(43)44)24-46-22-26-9-5-2-6-10-26/h1-10,27-28H,11-24H2,(H,37,38)(H,39,40)(H,41,42)(H,43,44)/p-4. The smallest absolute Gasteiger partial charge is 0.0731 e. The molecular weight excluding hydrogens is 600 g/mol. The van der Waals surface area contributed by atoms with Gasteiger partial charge in [-0.2, -0.15) is 0 Å². The molecule has 1 heterocycles. The van der Waals surface area contributed by atoms with Crippen LogP contribution in [0.3, 0.4) is 0 Å². The van der Waals surface area contributed by atoms with Gasteiger partial charge in [-0.1, -0.05) is 60.7 Å². The maximum Gasteiger partial charge on any atom is 0.0731 e. The van der Waals surface area contributed by atoms with Gasteiger partial charge in [-0.05, 0) is 11.1 Å². The number of carbonyl (C=O) groups excluding carboxylic acids is 4. The SMILES string of the molecule is O=C([O-])CN1CCN(C(COCc2ccccc2)C(=O)[O-])CCN(CC(=O)[O-])CCN(C(COCc2ccccc2)C(=O)[O-])CC1. The number of carboxylic acid groups (broad SMARTS) is 4. The lowest BCUT2D eigenvalue weighted by molar-refractivity contribution is -0.314. The fourth-order valence-corrected chi connectivity index (χ4v) is 5.20. The van der Waals surface area contributed by atoms with E-state index in [0.29, 0.717) is 0 Å². The van der Waals surface area contributed by atoms with Gasteiger partial charge < -0.3 is 49.1 Å². The number of hydrogen-bond acceptors (Lipinski definition) is 14. The van der Waals surface area contributed by atoms with Gasteiger partial charge >= 0.3 is 0 Å². The van der Waals surface area contributed by atoms with Crippen LogP contribution in [0.4, 0.5) is 0 Å². The van der Waals surface area contributed by atoms with Gasteiger partial charge in [0, 0.05) is 65.4 Å². The quantitative estimate of drug-likeness (QED) is 0.170. The van der Waals surface area contributed by atoms with Crippen molar-refractivity contribution in [3.8, 4) is 0 Å². The monoisotopic (exact) mass is 640 g/mol. The Morgan fingerprint density at radius 2 is 0.870 bits per heavy atom. The molecule has 0 N–H and O–H groups in total. The van der Waals surface area contributed by atoms with Crippen LogP contribution in [0.15, 0.2) is 60.7 Å². The fourth-order valence-electron chi connectivity index (χ4n) is 5.20. The number of hydrogen-bond donors (Lipinski definition) is 0. The summed E-state index contributed by atoms with van der Waals surface area (Å²) in [5.41, 5.74) is 1.69. The minimum absolute atomic E-state index is 0.0733. The lowest BCUT2D eigenvalue weighted by Gasteiger charge is -2.39. The molecule has 2 aromatic rings. The Bertz CT molecular complexity index is 1120. The second-order valence-corrected chi connectivity index (χ2v) is 11.0. The van der Waals surface area contributed by atoms with Crippen LogP contribution in [0.25, 0.3) is 0 Å². The van der Waals surface area contributed by atoms with Crippen LogP contribution in [0.5, 0.6) is 0 Å². The van der Waals surface area contributed by atoms with Crippen LogP contribution >= 0.6 is 0 Å². The summed E-state index contributed by atoms with van der Waals surface area (Å²) in [5.74, 6) is -5.49. The highest BCUT2D eigenvalue weighted by Gasteiger charge is 2.26. The van der Waals surface area contributed by atoms with E-state index >= 15 is 0 Å². The number of ether oxygens (including phenoxy) is 2. The number of aliphatic carboxylic acids is 4. The Hall–Kier alpha value is -3.92. The van der Waals surface area contributed by atoms with Crippen LogP contribution in [0.1, 0.15) is 11.1 Å². The lowest BCUT2D eigenvalue weighted by atomic mass is 10.2. The molecule has 2 aromatic carbocycles. The molecule has 0 radical (unpaired) electrons. The largest absolute Gasteiger partial charge is 0.549 e. The van der Waals surface area contributed by atoms with E-state index in [9.17, 15) is 39.6 Å². The summed E-state index contributed by atoms with van der Waals surface area (Å²) in [6, 6.07) is 15.9. The average molecular weight is 641 g/mol. The minimum atomic E-state index is -1.39. The summed E-state index contributed by atoms with van der Waals surface area (Å²) in [4.78, 5) is 53.9. The molecule has 46 heavy (non-hydrogen) atoms. The van der Waals surface area contributed by atoms with Crippen molar-refractivity contribution in [3.05, 3.63) is 71.8 Å². The topological polar surface area (TPSA) is 192 Å². The van der Waals surface area contributed by atoms with Gasteiger partial charge in [-0.3, -0.25) is 19.6 Å². The van der Waals surface area contributed by atoms with Gasteiger partial charge in [0.15, 0.2) is 0 Å². The molecule has 0 spiro atoms. The molecule has 0 bridgehead atoms. The van der Waals surface area contributed by atoms with Crippen molar-refractivity contribution in [2.24, 2.45) is 0 Å². The van der Waals surface area contributed by atoms with Gasteiger partial charge in [0.1, 0.15) is 0 Å². The van der Waals surface area contributed by atoms with Crippen molar-refractivity contribution in [2.45, 2.75) is 25.3 Å². The Balaban J connectivity index is 1.76. The molecule has 0 saturated carbocycles. The molecule has 1 saturated heterocycles. The zero-order valence-corrected chi connectivity index (χ0v) is 25.7. The molecule has 2 atom stereocenters. The van der Waals surface area contributed by atoms with Crippen LogP contribution < -0.4 is 20.4 Å². The lowest BCUT2D eigenvalue weighted by Crippen LogP contribution is -2.58. The second kappa shape index (κ2) is 19.6. The Kier molecular flexibility index (Phi) is 15.5. The molecule has 1 aliphatic heterocycles. The maximum absolute atomic E-state index is 12.2. The van der Waals surface area contributed by atoms with Crippen LogP contribution in [0, 0.1) is 0 Å². The van der Waals surface area contributed by atoms with E-state index in [1.165, 1.54) is 9.80 Å². The molecule has 14 nitrogen and oxygen atoms in total. The molecule has 0 amide bonds. The van der Waals surface area contributed by atoms with Gasteiger partial charge in [0.05, 0.1) is 62.4 Å². The summed E-state index contributed by atoms with van der Waals surface area (Å²) in [6.07, 6.45) is 0. The number of nitrogens with zero attached hydrogens (tertiary/aromatic N) is 4. The predicted molar refractivity (Wildman–Crippen MR) is 156 cm³/mol.